The van der Waals surface area contributed by atoms with Gasteiger partial charge in [-0.2, -0.15) is 0 Å². The highest BCUT2D eigenvalue weighted by molar-refractivity contribution is 5.38. The van der Waals surface area contributed by atoms with E-state index in [0.717, 1.165) is 23.7 Å². The largest absolute Gasteiger partial charge is 0.0851 e. The molecule has 2 aliphatic carbocycles. The molecular weight excluding hydrogens is 288 g/mol. The summed E-state index contributed by atoms with van der Waals surface area (Å²) in [7, 11) is 0. The Morgan fingerprint density at radius 2 is 1.17 bits per heavy atom. The van der Waals surface area contributed by atoms with Crippen LogP contribution in [0.5, 0.6) is 0 Å². The van der Waals surface area contributed by atoms with Gasteiger partial charge in [0.15, 0.2) is 0 Å². The lowest BCUT2D eigenvalue weighted by Crippen LogP contribution is -2.14. The maximum absolute atomic E-state index is 2.59. The van der Waals surface area contributed by atoms with Gasteiger partial charge >= 0.3 is 0 Å². The molecule has 0 spiro atoms. The van der Waals surface area contributed by atoms with Gasteiger partial charge in [-0.05, 0) is 105 Å². The smallest absolute Gasteiger partial charge is 0.0161 e. The van der Waals surface area contributed by atoms with E-state index >= 15 is 0 Å². The third-order valence-electron chi connectivity index (χ3n) is 6.91. The van der Waals surface area contributed by atoms with Crippen LogP contribution in [0.1, 0.15) is 86.5 Å². The van der Waals surface area contributed by atoms with Crippen molar-refractivity contribution in [1.82, 2.24) is 0 Å². The Morgan fingerprint density at radius 3 is 1.67 bits per heavy atom. The van der Waals surface area contributed by atoms with Gasteiger partial charge in [0.25, 0.3) is 0 Å². The quantitative estimate of drug-likeness (QED) is 0.513. The number of benzene rings is 1. The van der Waals surface area contributed by atoms with Crippen molar-refractivity contribution in [2.24, 2.45) is 17.8 Å². The van der Waals surface area contributed by atoms with Crippen molar-refractivity contribution in [2.75, 3.05) is 0 Å². The second-order valence-electron chi connectivity index (χ2n) is 8.80. The van der Waals surface area contributed by atoms with Gasteiger partial charge in [0, 0.05) is 0 Å². The van der Waals surface area contributed by atoms with Gasteiger partial charge < -0.3 is 0 Å². The third-order valence-corrected chi connectivity index (χ3v) is 6.91. The topological polar surface area (TPSA) is 0 Å². The van der Waals surface area contributed by atoms with Crippen molar-refractivity contribution in [3.05, 3.63) is 46.5 Å². The normalized spacial score (nSPS) is 31.5. The molecule has 0 atom stereocenters. The lowest BCUT2D eigenvalue weighted by molar-refractivity contribution is 0.327. The van der Waals surface area contributed by atoms with Gasteiger partial charge in [-0.1, -0.05) is 44.1 Å². The molecule has 0 heterocycles. The summed E-state index contributed by atoms with van der Waals surface area (Å²) in [6, 6.07) is 4.90. The maximum atomic E-state index is 2.59. The molecule has 0 saturated heterocycles. The first kappa shape index (κ1) is 17.8. The number of hydrogen-bond acceptors (Lipinski definition) is 0. The molecule has 0 N–H and O–H groups in total. The van der Waals surface area contributed by atoms with Crippen LogP contribution >= 0.6 is 0 Å². The summed E-state index contributed by atoms with van der Waals surface area (Å²) in [5.41, 5.74) is 6.01. The average molecular weight is 325 g/mol. The van der Waals surface area contributed by atoms with Crippen LogP contribution in [-0.4, -0.2) is 0 Å². The number of hydrogen-bond donors (Lipinski definition) is 0. The van der Waals surface area contributed by atoms with E-state index in [-0.39, 0.29) is 0 Å². The molecule has 0 nitrogen and oxygen atoms in total. The molecule has 0 radical (unpaired) electrons. The molecular formula is C24H36. The minimum Gasteiger partial charge on any atom is -0.0851 e. The Bertz CT molecular complexity index is 541. The average Bonchev–Trinajstić information content (AvgIpc) is 2.59. The predicted molar refractivity (Wildman–Crippen MR) is 106 cm³/mol. The van der Waals surface area contributed by atoms with Crippen molar-refractivity contribution in [3.8, 4) is 0 Å². The molecule has 2 fully saturated rings. The second-order valence-corrected chi connectivity index (χ2v) is 8.80. The van der Waals surface area contributed by atoms with Gasteiger partial charge in [0.2, 0.25) is 0 Å². The molecule has 0 aromatic heterocycles. The fourth-order valence-electron chi connectivity index (χ4n) is 4.74. The Morgan fingerprint density at radius 1 is 0.708 bits per heavy atom. The number of aryl methyl sites for hydroxylation is 2. The van der Waals surface area contributed by atoms with Crippen LogP contribution in [0.3, 0.4) is 0 Å². The molecule has 3 rings (SSSR count). The standard InChI is InChI=1S/C24H36/c1-17-5-7-21(8-6-17)9-10-22-11-13-23(14-12-22)24-15-18(2)20(4)19(3)16-24/h9-10,15-17,21-23H,5-8,11-14H2,1-4H3/b10-9+. The molecule has 2 aliphatic rings. The lowest BCUT2D eigenvalue weighted by Gasteiger charge is -2.29. The van der Waals surface area contributed by atoms with Gasteiger partial charge in [0.05, 0.1) is 0 Å². The van der Waals surface area contributed by atoms with Crippen LogP contribution in [0.25, 0.3) is 0 Å². The van der Waals surface area contributed by atoms with Gasteiger partial charge in [-0.3, -0.25) is 0 Å². The Kier molecular flexibility index (Phi) is 5.85. The van der Waals surface area contributed by atoms with E-state index in [4.69, 9.17) is 0 Å². The second kappa shape index (κ2) is 7.89. The molecule has 0 unspecified atom stereocenters. The molecule has 24 heavy (non-hydrogen) atoms. The minimum absolute atomic E-state index is 0.795. The van der Waals surface area contributed by atoms with Crippen LogP contribution in [0.2, 0.25) is 0 Å². The zero-order valence-corrected chi connectivity index (χ0v) is 16.3. The van der Waals surface area contributed by atoms with Crippen molar-refractivity contribution < 1.29 is 0 Å². The lowest BCUT2D eigenvalue weighted by atomic mass is 9.77. The summed E-state index contributed by atoms with van der Waals surface area (Å²) >= 11 is 0. The number of rotatable bonds is 3. The molecule has 1 aromatic carbocycles. The van der Waals surface area contributed by atoms with E-state index < -0.39 is 0 Å². The van der Waals surface area contributed by atoms with Crippen LogP contribution in [-0.2, 0) is 0 Å². The summed E-state index contributed by atoms with van der Waals surface area (Å²) in [6.45, 7) is 9.20. The molecule has 0 aliphatic heterocycles. The molecule has 0 bridgehead atoms. The summed E-state index contributed by atoms with van der Waals surface area (Å²) in [4.78, 5) is 0. The van der Waals surface area contributed by atoms with Crippen molar-refractivity contribution in [1.29, 1.82) is 0 Å². The predicted octanol–water partition coefficient (Wildman–Crippen LogP) is 7.27. The molecule has 0 heteroatoms. The highest BCUT2D eigenvalue weighted by Crippen LogP contribution is 2.38. The first-order valence-corrected chi connectivity index (χ1v) is 10.3. The Balaban J connectivity index is 1.52. The van der Waals surface area contributed by atoms with Crippen molar-refractivity contribution in [3.63, 3.8) is 0 Å². The fraction of sp³-hybridized carbons (Fsp3) is 0.667. The minimum atomic E-state index is 0.795. The molecule has 132 valence electrons. The summed E-state index contributed by atoms with van der Waals surface area (Å²) in [5, 5.41) is 0. The van der Waals surface area contributed by atoms with E-state index in [0.29, 0.717) is 0 Å². The SMILES string of the molecule is Cc1cc(C2CCC(/C=C/C3CCC(C)CC3)CC2)cc(C)c1C. The van der Waals surface area contributed by atoms with Crippen LogP contribution in [0.15, 0.2) is 24.3 Å². The maximum Gasteiger partial charge on any atom is -0.0161 e. The van der Waals surface area contributed by atoms with Gasteiger partial charge in [0.1, 0.15) is 0 Å². The first-order valence-electron chi connectivity index (χ1n) is 10.3. The van der Waals surface area contributed by atoms with Crippen molar-refractivity contribution in [2.45, 2.75) is 85.0 Å². The van der Waals surface area contributed by atoms with Crippen molar-refractivity contribution >= 4 is 0 Å². The van der Waals surface area contributed by atoms with E-state index in [1.807, 2.05) is 0 Å². The highest BCUT2D eigenvalue weighted by atomic mass is 14.3. The number of allylic oxidation sites excluding steroid dienone is 2. The third kappa shape index (κ3) is 4.32. The molecule has 2 saturated carbocycles. The first-order chi connectivity index (χ1) is 11.5. The Labute approximate surface area is 149 Å². The highest BCUT2D eigenvalue weighted by Gasteiger charge is 2.22. The van der Waals surface area contributed by atoms with E-state index in [9.17, 15) is 0 Å². The van der Waals surface area contributed by atoms with Gasteiger partial charge in [-0.25, -0.2) is 0 Å². The Hall–Kier alpha value is -1.04. The molecule has 0 amide bonds. The zero-order valence-electron chi connectivity index (χ0n) is 16.3. The van der Waals surface area contributed by atoms with Gasteiger partial charge in [-0.15, -0.1) is 0 Å². The summed E-state index contributed by atoms with van der Waals surface area (Å²) < 4.78 is 0. The van der Waals surface area contributed by atoms with E-state index in [2.05, 4.69) is 52.0 Å². The van der Waals surface area contributed by atoms with E-state index in [1.54, 1.807) is 5.56 Å². The zero-order chi connectivity index (χ0) is 17.1. The summed E-state index contributed by atoms with van der Waals surface area (Å²) in [5.74, 6) is 3.48. The monoisotopic (exact) mass is 324 g/mol. The van der Waals surface area contributed by atoms with E-state index in [1.165, 1.54) is 68.1 Å². The van der Waals surface area contributed by atoms with Crippen LogP contribution in [0, 0.1) is 38.5 Å². The van der Waals surface area contributed by atoms with Crippen LogP contribution < -0.4 is 0 Å². The molecule has 1 aromatic rings. The van der Waals surface area contributed by atoms with Crippen LogP contribution in [0.4, 0.5) is 0 Å². The summed E-state index contributed by atoms with van der Waals surface area (Å²) in [6.07, 6.45) is 16.4. The fourth-order valence-corrected chi connectivity index (χ4v) is 4.74.